The van der Waals surface area contributed by atoms with Gasteiger partial charge in [0.05, 0.1) is 0 Å². The maximum absolute atomic E-state index is 11.0. The fourth-order valence-electron chi connectivity index (χ4n) is 1.51. The van der Waals surface area contributed by atoms with Gasteiger partial charge in [0.2, 0.25) is 0 Å². The number of likely N-dealkylation sites (tertiary alicyclic amines) is 1. The summed E-state index contributed by atoms with van der Waals surface area (Å²) in [5.74, 6) is 0.625. The summed E-state index contributed by atoms with van der Waals surface area (Å²) < 4.78 is 0. The molecule has 2 nitrogen and oxygen atoms in total. The summed E-state index contributed by atoms with van der Waals surface area (Å²) in [7, 11) is 2.11. The van der Waals surface area contributed by atoms with E-state index in [0.29, 0.717) is 11.0 Å². The third-order valence-corrected chi connectivity index (χ3v) is 2.79. The Kier molecular flexibility index (Phi) is 3.40. The molecule has 0 spiro atoms. The van der Waals surface area contributed by atoms with Crippen LogP contribution in [0.5, 0.6) is 0 Å². The third-order valence-electron chi connectivity index (χ3n) is 2.17. The molecule has 1 saturated heterocycles. The van der Waals surface area contributed by atoms with Crippen molar-refractivity contribution in [3.05, 3.63) is 0 Å². The summed E-state index contributed by atoms with van der Waals surface area (Å²) in [4.78, 5) is 13.3. The first-order valence-electron chi connectivity index (χ1n) is 3.97. The second kappa shape index (κ2) is 4.12. The molecule has 1 heterocycles. The van der Waals surface area contributed by atoms with Crippen LogP contribution in [0.25, 0.3) is 0 Å². The summed E-state index contributed by atoms with van der Waals surface area (Å²) in [6.07, 6.45) is 3.83. The van der Waals surface area contributed by atoms with Crippen LogP contribution < -0.4 is 0 Å². The molecule has 0 aromatic heterocycles. The molecule has 0 bridgehead atoms. The van der Waals surface area contributed by atoms with Crippen molar-refractivity contribution in [3.63, 3.8) is 0 Å². The molecule has 1 fully saturated rings. The van der Waals surface area contributed by atoms with Crippen LogP contribution in [0, 0.1) is 5.92 Å². The van der Waals surface area contributed by atoms with Gasteiger partial charge in [0, 0.05) is 13.0 Å². The van der Waals surface area contributed by atoms with Crippen LogP contribution in [0.2, 0.25) is 0 Å². The van der Waals surface area contributed by atoms with E-state index in [1.165, 1.54) is 18.2 Å². The monoisotopic (exact) mass is 173 g/mol. The molecule has 1 unspecified atom stereocenters. The van der Waals surface area contributed by atoms with Crippen molar-refractivity contribution >= 4 is 16.9 Å². The Morgan fingerprint density at radius 3 is 2.91 bits per heavy atom. The molecule has 0 aliphatic carbocycles. The van der Waals surface area contributed by atoms with Crippen molar-refractivity contribution in [2.45, 2.75) is 12.8 Å². The lowest BCUT2D eigenvalue weighted by Gasteiger charge is -2.07. The van der Waals surface area contributed by atoms with Gasteiger partial charge in [-0.2, -0.15) is 0 Å². The molecular weight excluding hydrogens is 158 g/mol. The Hall–Kier alpha value is -0.0200. The summed E-state index contributed by atoms with van der Waals surface area (Å²) in [6.45, 7) is 2.26. The summed E-state index contributed by atoms with van der Waals surface area (Å²) in [5.41, 5.74) is 0. The Balaban J connectivity index is 2.23. The molecule has 1 atom stereocenters. The van der Waals surface area contributed by atoms with Gasteiger partial charge in [0.1, 0.15) is 0 Å². The number of thioether (sulfide) groups is 1. The maximum atomic E-state index is 11.0. The number of carbonyl (C=O) groups excluding carboxylic acids is 1. The Bertz CT molecular complexity index is 149. The first-order valence-corrected chi connectivity index (χ1v) is 5.20. The lowest BCUT2D eigenvalue weighted by Crippen LogP contribution is -2.15. The van der Waals surface area contributed by atoms with Crippen molar-refractivity contribution in [2.75, 3.05) is 26.4 Å². The molecule has 3 heteroatoms. The Morgan fingerprint density at radius 2 is 2.45 bits per heavy atom. The van der Waals surface area contributed by atoms with E-state index in [1.807, 2.05) is 6.26 Å². The topological polar surface area (TPSA) is 20.3 Å². The summed E-state index contributed by atoms with van der Waals surface area (Å²) >= 11 is 1.36. The van der Waals surface area contributed by atoms with Crippen LogP contribution in [0.4, 0.5) is 0 Å². The van der Waals surface area contributed by atoms with Gasteiger partial charge in [0.15, 0.2) is 5.12 Å². The summed E-state index contributed by atoms with van der Waals surface area (Å²) in [6, 6.07) is 0. The largest absolute Gasteiger partial charge is 0.306 e. The third kappa shape index (κ3) is 2.83. The first kappa shape index (κ1) is 9.07. The molecule has 0 aromatic rings. The lowest BCUT2D eigenvalue weighted by atomic mass is 10.1. The molecule has 0 amide bonds. The van der Waals surface area contributed by atoms with Gasteiger partial charge in [-0.25, -0.2) is 0 Å². The highest BCUT2D eigenvalue weighted by Crippen LogP contribution is 2.20. The van der Waals surface area contributed by atoms with Gasteiger partial charge in [0.25, 0.3) is 0 Å². The van der Waals surface area contributed by atoms with E-state index in [9.17, 15) is 4.79 Å². The highest BCUT2D eigenvalue weighted by Gasteiger charge is 2.21. The van der Waals surface area contributed by atoms with Crippen LogP contribution in [-0.2, 0) is 4.79 Å². The van der Waals surface area contributed by atoms with Crippen molar-refractivity contribution in [1.29, 1.82) is 0 Å². The van der Waals surface area contributed by atoms with Gasteiger partial charge in [-0.1, -0.05) is 11.8 Å². The molecule has 1 rings (SSSR count). The van der Waals surface area contributed by atoms with Gasteiger partial charge in [-0.05, 0) is 32.2 Å². The molecule has 1 aliphatic rings. The first-order chi connectivity index (χ1) is 5.22. The molecule has 0 aromatic carbocycles. The average Bonchev–Trinajstić information content (AvgIpc) is 2.35. The second-order valence-electron chi connectivity index (χ2n) is 3.20. The lowest BCUT2D eigenvalue weighted by molar-refractivity contribution is -0.111. The van der Waals surface area contributed by atoms with E-state index in [4.69, 9.17) is 0 Å². The van der Waals surface area contributed by atoms with Gasteiger partial charge in [-0.15, -0.1) is 0 Å². The Morgan fingerprint density at radius 1 is 1.73 bits per heavy atom. The maximum Gasteiger partial charge on any atom is 0.189 e. The van der Waals surface area contributed by atoms with Crippen LogP contribution >= 0.6 is 11.8 Å². The molecule has 64 valence electrons. The van der Waals surface area contributed by atoms with E-state index in [1.54, 1.807) is 0 Å². The van der Waals surface area contributed by atoms with E-state index < -0.39 is 0 Å². The second-order valence-corrected chi connectivity index (χ2v) is 4.06. The summed E-state index contributed by atoms with van der Waals surface area (Å²) in [5, 5.41) is 0.338. The van der Waals surface area contributed by atoms with Gasteiger partial charge in [-0.3, -0.25) is 4.79 Å². The predicted octanol–water partition coefficient (Wildman–Crippen LogP) is 1.22. The molecular formula is C8H15NOS. The minimum absolute atomic E-state index is 0.338. The molecule has 0 saturated carbocycles. The normalized spacial score (nSPS) is 25.8. The molecule has 0 N–H and O–H groups in total. The predicted molar refractivity (Wildman–Crippen MR) is 48.7 cm³/mol. The average molecular weight is 173 g/mol. The minimum Gasteiger partial charge on any atom is -0.306 e. The quantitative estimate of drug-likeness (QED) is 0.626. The fourth-order valence-corrected chi connectivity index (χ4v) is 1.91. The number of hydrogen-bond donors (Lipinski definition) is 0. The van der Waals surface area contributed by atoms with Crippen LogP contribution in [-0.4, -0.2) is 36.4 Å². The zero-order valence-electron chi connectivity index (χ0n) is 7.17. The van der Waals surface area contributed by atoms with Crippen LogP contribution in [0.15, 0.2) is 0 Å². The van der Waals surface area contributed by atoms with E-state index in [2.05, 4.69) is 11.9 Å². The smallest absolute Gasteiger partial charge is 0.189 e. The minimum atomic E-state index is 0.338. The number of hydrogen-bond acceptors (Lipinski definition) is 3. The number of nitrogens with zero attached hydrogens (tertiary/aromatic N) is 1. The molecule has 1 aliphatic heterocycles. The van der Waals surface area contributed by atoms with Gasteiger partial charge < -0.3 is 4.90 Å². The van der Waals surface area contributed by atoms with Crippen molar-refractivity contribution in [3.8, 4) is 0 Å². The van der Waals surface area contributed by atoms with E-state index in [-0.39, 0.29) is 0 Å². The Labute approximate surface area is 72.3 Å². The zero-order valence-corrected chi connectivity index (χ0v) is 7.99. The SMILES string of the molecule is CSC(=O)CC1CCN(C)C1. The van der Waals surface area contributed by atoms with Crippen molar-refractivity contribution in [1.82, 2.24) is 4.90 Å². The molecule has 0 radical (unpaired) electrons. The standard InChI is InChI=1S/C8H15NOS/c1-9-4-3-7(6-9)5-8(10)11-2/h7H,3-6H2,1-2H3. The van der Waals surface area contributed by atoms with Crippen LogP contribution in [0.1, 0.15) is 12.8 Å². The van der Waals surface area contributed by atoms with Gasteiger partial charge >= 0.3 is 0 Å². The van der Waals surface area contributed by atoms with Crippen molar-refractivity contribution in [2.24, 2.45) is 5.92 Å². The fraction of sp³-hybridized carbons (Fsp3) is 0.875. The van der Waals surface area contributed by atoms with E-state index in [0.717, 1.165) is 19.5 Å². The van der Waals surface area contributed by atoms with E-state index >= 15 is 0 Å². The number of rotatable bonds is 2. The number of carbonyl (C=O) groups is 1. The van der Waals surface area contributed by atoms with Crippen molar-refractivity contribution < 1.29 is 4.79 Å². The van der Waals surface area contributed by atoms with Crippen LogP contribution in [0.3, 0.4) is 0 Å². The highest BCUT2D eigenvalue weighted by atomic mass is 32.2. The molecule has 11 heavy (non-hydrogen) atoms. The highest BCUT2D eigenvalue weighted by molar-refractivity contribution is 8.13. The zero-order chi connectivity index (χ0) is 8.27.